The Kier molecular flexibility index (Phi) is 6.72. The first-order valence-electron chi connectivity index (χ1n) is 10.2. The van der Waals surface area contributed by atoms with Crippen molar-refractivity contribution in [3.63, 3.8) is 0 Å². The number of para-hydroxylation sites is 1. The minimum absolute atomic E-state index is 0.239. The zero-order chi connectivity index (χ0) is 21.7. The molecule has 2 N–H and O–H groups in total. The number of rotatable bonds is 7. The molecule has 0 saturated carbocycles. The highest BCUT2D eigenvalue weighted by molar-refractivity contribution is 5.98. The molecule has 3 rings (SSSR count). The smallest absolute Gasteiger partial charge is 0.271 e. The van der Waals surface area contributed by atoms with Crippen LogP contribution < -0.4 is 10.9 Å². The van der Waals surface area contributed by atoms with Crippen LogP contribution in [-0.2, 0) is 17.8 Å². The summed E-state index contributed by atoms with van der Waals surface area (Å²) in [6.07, 6.45) is 4.59. The topological polar surface area (TPSA) is 81.0 Å². The summed E-state index contributed by atoms with van der Waals surface area (Å²) >= 11 is 0. The van der Waals surface area contributed by atoms with E-state index in [1.807, 2.05) is 59.8 Å². The maximum Gasteiger partial charge on any atom is 0.271 e. The summed E-state index contributed by atoms with van der Waals surface area (Å²) in [7, 11) is 0. The number of aromatic nitrogens is 3. The molecule has 2 amide bonds. The van der Waals surface area contributed by atoms with Gasteiger partial charge >= 0.3 is 0 Å². The number of carbonyl (C=O) groups excluding carboxylic acids is 2. The fourth-order valence-electron chi connectivity index (χ4n) is 3.50. The van der Waals surface area contributed by atoms with Crippen LogP contribution in [0.15, 0.2) is 48.8 Å². The van der Waals surface area contributed by atoms with E-state index in [4.69, 9.17) is 0 Å². The van der Waals surface area contributed by atoms with Crippen molar-refractivity contribution < 1.29 is 9.59 Å². The Morgan fingerprint density at radius 2 is 1.73 bits per heavy atom. The first-order valence-corrected chi connectivity index (χ1v) is 10.2. The second-order valence-electron chi connectivity index (χ2n) is 7.84. The number of hydrogen-bond donors (Lipinski definition) is 2. The molecule has 0 radical (unpaired) electrons. The zero-order valence-corrected chi connectivity index (χ0v) is 18.0. The van der Waals surface area contributed by atoms with E-state index in [-0.39, 0.29) is 18.2 Å². The van der Waals surface area contributed by atoms with Gasteiger partial charge in [-0.15, -0.1) is 0 Å². The number of amides is 2. The molecule has 0 saturated heterocycles. The van der Waals surface area contributed by atoms with Gasteiger partial charge in [0.05, 0.1) is 16.9 Å². The average molecular weight is 408 g/mol. The fourth-order valence-corrected chi connectivity index (χ4v) is 3.50. The molecule has 30 heavy (non-hydrogen) atoms. The van der Waals surface area contributed by atoms with E-state index in [1.54, 1.807) is 12.1 Å². The fraction of sp³-hybridized carbons (Fsp3) is 0.348. The molecule has 0 bridgehead atoms. The Balaban J connectivity index is 1.57. The third-order valence-corrected chi connectivity index (χ3v) is 5.02. The number of hydrazine groups is 1. The van der Waals surface area contributed by atoms with Crippen molar-refractivity contribution in [1.29, 1.82) is 0 Å². The molecule has 158 valence electrons. The van der Waals surface area contributed by atoms with Crippen LogP contribution in [-0.4, -0.2) is 26.2 Å². The molecule has 1 aromatic carbocycles. The summed E-state index contributed by atoms with van der Waals surface area (Å²) in [6.45, 7) is 9.17. The van der Waals surface area contributed by atoms with E-state index in [9.17, 15) is 9.59 Å². The zero-order valence-electron chi connectivity index (χ0n) is 18.0. The maximum absolute atomic E-state index is 12.6. The van der Waals surface area contributed by atoms with Gasteiger partial charge in [-0.2, -0.15) is 5.10 Å². The Hall–Kier alpha value is -3.35. The lowest BCUT2D eigenvalue weighted by molar-refractivity contribution is -0.121. The standard InChI is InChI=1S/C23H29N5O2/c1-16(2)15-28-18(4)19(17(3)26-28)11-12-22(29)24-25-23(30)20-9-5-6-10-21(20)27-13-7-8-14-27/h5-10,13-14,16H,11-12,15H2,1-4H3,(H,24,29)(H,25,30). The third kappa shape index (κ3) is 4.97. The average Bonchev–Trinajstić information content (AvgIpc) is 3.33. The van der Waals surface area contributed by atoms with Gasteiger partial charge in [0.15, 0.2) is 0 Å². The minimum Gasteiger partial charge on any atom is -0.323 e. The van der Waals surface area contributed by atoms with Gasteiger partial charge in [0.1, 0.15) is 0 Å². The van der Waals surface area contributed by atoms with E-state index in [2.05, 4.69) is 29.8 Å². The van der Waals surface area contributed by atoms with Crippen molar-refractivity contribution in [2.45, 2.75) is 47.1 Å². The van der Waals surface area contributed by atoms with E-state index in [0.717, 1.165) is 29.2 Å². The highest BCUT2D eigenvalue weighted by Gasteiger charge is 2.15. The lowest BCUT2D eigenvalue weighted by Gasteiger charge is -2.12. The second kappa shape index (κ2) is 9.43. The summed E-state index contributed by atoms with van der Waals surface area (Å²) < 4.78 is 3.87. The van der Waals surface area contributed by atoms with Gasteiger partial charge in [0.25, 0.3) is 5.91 Å². The molecule has 0 aliphatic rings. The Labute approximate surface area is 177 Å². The molecule has 0 atom stereocenters. The van der Waals surface area contributed by atoms with Crippen LogP contribution >= 0.6 is 0 Å². The van der Waals surface area contributed by atoms with Gasteiger partial charge in [0, 0.05) is 31.1 Å². The Bertz CT molecular complexity index is 1020. The molecule has 2 aromatic heterocycles. The van der Waals surface area contributed by atoms with Crippen LogP contribution in [0, 0.1) is 19.8 Å². The first kappa shape index (κ1) is 21.4. The molecule has 7 nitrogen and oxygen atoms in total. The largest absolute Gasteiger partial charge is 0.323 e. The Morgan fingerprint density at radius 3 is 2.43 bits per heavy atom. The predicted molar refractivity (Wildman–Crippen MR) is 116 cm³/mol. The van der Waals surface area contributed by atoms with E-state index in [1.165, 1.54) is 0 Å². The SMILES string of the molecule is Cc1nn(CC(C)C)c(C)c1CCC(=O)NNC(=O)c1ccccc1-n1cccc1. The molecule has 0 fully saturated rings. The molecule has 0 aliphatic heterocycles. The summed E-state index contributed by atoms with van der Waals surface area (Å²) in [5, 5.41) is 4.59. The van der Waals surface area contributed by atoms with Crippen LogP contribution in [0.25, 0.3) is 5.69 Å². The lowest BCUT2D eigenvalue weighted by Crippen LogP contribution is -2.42. The van der Waals surface area contributed by atoms with Gasteiger partial charge in [-0.3, -0.25) is 25.1 Å². The molecule has 0 spiro atoms. The van der Waals surface area contributed by atoms with Gasteiger partial charge in [-0.1, -0.05) is 26.0 Å². The second-order valence-corrected chi connectivity index (χ2v) is 7.84. The van der Waals surface area contributed by atoms with Crippen LogP contribution in [0.2, 0.25) is 0 Å². The van der Waals surface area contributed by atoms with Gasteiger partial charge in [-0.25, -0.2) is 0 Å². The number of aryl methyl sites for hydroxylation is 1. The molecule has 3 aromatic rings. The molecule has 0 aliphatic carbocycles. The van der Waals surface area contributed by atoms with E-state index in [0.29, 0.717) is 17.9 Å². The highest BCUT2D eigenvalue weighted by Crippen LogP contribution is 2.17. The van der Waals surface area contributed by atoms with Crippen molar-refractivity contribution in [2.75, 3.05) is 0 Å². The predicted octanol–water partition coefficient (Wildman–Crippen LogP) is 3.34. The number of nitrogens with zero attached hydrogens (tertiary/aromatic N) is 3. The highest BCUT2D eigenvalue weighted by atomic mass is 16.2. The normalized spacial score (nSPS) is 11.0. The quantitative estimate of drug-likeness (QED) is 0.590. The molecule has 7 heteroatoms. The monoisotopic (exact) mass is 407 g/mol. The van der Waals surface area contributed by atoms with Crippen molar-refractivity contribution in [3.8, 4) is 5.69 Å². The lowest BCUT2D eigenvalue weighted by atomic mass is 10.1. The van der Waals surface area contributed by atoms with Crippen molar-refractivity contribution in [2.24, 2.45) is 5.92 Å². The van der Waals surface area contributed by atoms with Gasteiger partial charge in [0.2, 0.25) is 5.91 Å². The minimum atomic E-state index is -0.357. The van der Waals surface area contributed by atoms with Gasteiger partial charge < -0.3 is 4.57 Å². The van der Waals surface area contributed by atoms with Crippen LogP contribution in [0.5, 0.6) is 0 Å². The first-order chi connectivity index (χ1) is 14.4. The molecular formula is C23H29N5O2. The van der Waals surface area contributed by atoms with E-state index < -0.39 is 0 Å². The summed E-state index contributed by atoms with van der Waals surface area (Å²) in [4.78, 5) is 24.9. The van der Waals surface area contributed by atoms with Crippen LogP contribution in [0.4, 0.5) is 0 Å². The van der Waals surface area contributed by atoms with Crippen molar-refractivity contribution in [3.05, 3.63) is 71.3 Å². The maximum atomic E-state index is 12.6. The van der Waals surface area contributed by atoms with Crippen LogP contribution in [0.1, 0.15) is 47.6 Å². The van der Waals surface area contributed by atoms with Crippen molar-refractivity contribution in [1.82, 2.24) is 25.2 Å². The number of hydrogen-bond acceptors (Lipinski definition) is 3. The summed E-state index contributed by atoms with van der Waals surface area (Å²) in [5.41, 5.74) is 9.42. The Morgan fingerprint density at radius 1 is 1.03 bits per heavy atom. The van der Waals surface area contributed by atoms with Crippen molar-refractivity contribution >= 4 is 11.8 Å². The molecular weight excluding hydrogens is 378 g/mol. The number of benzene rings is 1. The molecule has 2 heterocycles. The summed E-state index contributed by atoms with van der Waals surface area (Å²) in [5.74, 6) is -0.0919. The third-order valence-electron chi connectivity index (χ3n) is 5.02. The van der Waals surface area contributed by atoms with Gasteiger partial charge in [-0.05, 0) is 56.0 Å². The molecule has 0 unspecified atom stereocenters. The van der Waals surface area contributed by atoms with E-state index >= 15 is 0 Å². The van der Waals surface area contributed by atoms with Crippen LogP contribution in [0.3, 0.4) is 0 Å². The summed E-state index contributed by atoms with van der Waals surface area (Å²) in [6, 6.07) is 11.0. The number of carbonyl (C=O) groups is 2. The number of nitrogens with one attached hydrogen (secondary N) is 2.